The van der Waals surface area contributed by atoms with Gasteiger partial charge in [0.05, 0.1) is 0 Å². The molecule has 0 aromatic heterocycles. The third-order valence-corrected chi connectivity index (χ3v) is 4.03. The van der Waals surface area contributed by atoms with Gasteiger partial charge in [0, 0.05) is 13.1 Å². The SMILES string of the molecule is O=C(O)C1CCCN(CC2CCCCC2)C1=O. The van der Waals surface area contributed by atoms with Crippen molar-refractivity contribution in [2.75, 3.05) is 13.1 Å². The Morgan fingerprint density at radius 1 is 1.18 bits per heavy atom. The zero-order chi connectivity index (χ0) is 12.3. The second-order valence-electron chi connectivity index (χ2n) is 5.32. The lowest BCUT2D eigenvalue weighted by atomic mass is 9.87. The highest BCUT2D eigenvalue weighted by atomic mass is 16.4. The van der Waals surface area contributed by atoms with Gasteiger partial charge >= 0.3 is 5.97 Å². The van der Waals surface area contributed by atoms with Crippen LogP contribution in [0, 0.1) is 11.8 Å². The zero-order valence-corrected chi connectivity index (χ0v) is 10.2. The second kappa shape index (κ2) is 5.52. The number of carbonyl (C=O) groups excluding carboxylic acids is 1. The molecule has 1 aliphatic carbocycles. The third kappa shape index (κ3) is 2.99. The normalized spacial score (nSPS) is 27.2. The van der Waals surface area contributed by atoms with Gasteiger partial charge in [-0.3, -0.25) is 9.59 Å². The number of rotatable bonds is 3. The summed E-state index contributed by atoms with van der Waals surface area (Å²) in [4.78, 5) is 24.7. The molecule has 0 aromatic rings. The first-order chi connectivity index (χ1) is 8.18. The molecular weight excluding hydrogens is 218 g/mol. The molecule has 0 radical (unpaired) electrons. The number of carbonyl (C=O) groups is 2. The van der Waals surface area contributed by atoms with Crippen molar-refractivity contribution in [2.24, 2.45) is 11.8 Å². The quantitative estimate of drug-likeness (QED) is 0.765. The van der Waals surface area contributed by atoms with Crippen LogP contribution in [-0.2, 0) is 9.59 Å². The van der Waals surface area contributed by atoms with E-state index in [1.54, 1.807) is 4.90 Å². The first-order valence-corrected chi connectivity index (χ1v) is 6.70. The summed E-state index contributed by atoms with van der Waals surface area (Å²) in [6.45, 7) is 1.53. The van der Waals surface area contributed by atoms with E-state index in [-0.39, 0.29) is 5.91 Å². The van der Waals surface area contributed by atoms with Crippen LogP contribution in [0.25, 0.3) is 0 Å². The van der Waals surface area contributed by atoms with E-state index in [4.69, 9.17) is 5.11 Å². The number of nitrogens with zero attached hydrogens (tertiary/aromatic N) is 1. The molecule has 1 N–H and O–H groups in total. The molecule has 0 aromatic carbocycles. The molecular formula is C13H21NO3. The highest BCUT2D eigenvalue weighted by Crippen LogP contribution is 2.27. The Kier molecular flexibility index (Phi) is 4.02. The zero-order valence-electron chi connectivity index (χ0n) is 10.2. The highest BCUT2D eigenvalue weighted by molar-refractivity contribution is 5.97. The number of carboxylic acids is 1. The van der Waals surface area contributed by atoms with Crippen LogP contribution in [0.15, 0.2) is 0 Å². The monoisotopic (exact) mass is 239 g/mol. The minimum absolute atomic E-state index is 0.158. The Labute approximate surface area is 102 Å². The predicted molar refractivity (Wildman–Crippen MR) is 63.5 cm³/mol. The first-order valence-electron chi connectivity index (χ1n) is 6.70. The number of hydrogen-bond donors (Lipinski definition) is 1. The molecule has 2 fully saturated rings. The van der Waals surface area contributed by atoms with Crippen molar-refractivity contribution in [1.82, 2.24) is 4.90 Å². The van der Waals surface area contributed by atoms with Gasteiger partial charge in [0.25, 0.3) is 0 Å². The molecule has 4 heteroatoms. The van der Waals surface area contributed by atoms with Crippen LogP contribution in [0.2, 0.25) is 0 Å². The van der Waals surface area contributed by atoms with E-state index in [1.165, 1.54) is 32.1 Å². The minimum atomic E-state index is -0.955. The maximum atomic E-state index is 12.0. The Morgan fingerprint density at radius 3 is 2.53 bits per heavy atom. The number of hydrogen-bond acceptors (Lipinski definition) is 2. The molecule has 2 rings (SSSR count). The van der Waals surface area contributed by atoms with Crippen LogP contribution in [0.4, 0.5) is 0 Å². The van der Waals surface area contributed by atoms with Gasteiger partial charge in [0.15, 0.2) is 0 Å². The van der Waals surface area contributed by atoms with E-state index in [0.717, 1.165) is 19.5 Å². The predicted octanol–water partition coefficient (Wildman–Crippen LogP) is 1.89. The molecule has 1 aliphatic heterocycles. The summed E-state index contributed by atoms with van der Waals surface area (Å²) in [7, 11) is 0. The van der Waals surface area contributed by atoms with Crippen molar-refractivity contribution in [3.63, 3.8) is 0 Å². The maximum Gasteiger partial charge on any atom is 0.316 e. The van der Waals surface area contributed by atoms with E-state index < -0.39 is 11.9 Å². The van der Waals surface area contributed by atoms with Gasteiger partial charge < -0.3 is 10.0 Å². The number of aliphatic carboxylic acids is 1. The molecule has 1 amide bonds. The van der Waals surface area contributed by atoms with Crippen molar-refractivity contribution >= 4 is 11.9 Å². The lowest BCUT2D eigenvalue weighted by Crippen LogP contribution is -2.46. The summed E-state index contributed by atoms with van der Waals surface area (Å²) in [5.41, 5.74) is 0. The fraction of sp³-hybridized carbons (Fsp3) is 0.846. The Morgan fingerprint density at radius 2 is 1.88 bits per heavy atom. The fourth-order valence-corrected chi connectivity index (χ4v) is 3.03. The number of piperidine rings is 1. The second-order valence-corrected chi connectivity index (χ2v) is 5.32. The average Bonchev–Trinajstić information content (AvgIpc) is 2.33. The van der Waals surface area contributed by atoms with Gasteiger partial charge in [-0.15, -0.1) is 0 Å². The molecule has 2 aliphatic rings. The molecule has 1 atom stereocenters. The first kappa shape index (κ1) is 12.4. The van der Waals surface area contributed by atoms with Gasteiger partial charge in [0.1, 0.15) is 5.92 Å². The van der Waals surface area contributed by atoms with Gasteiger partial charge in [-0.2, -0.15) is 0 Å². The topological polar surface area (TPSA) is 57.6 Å². The molecule has 0 bridgehead atoms. The summed E-state index contributed by atoms with van der Waals surface area (Å²) in [5.74, 6) is -1.30. The van der Waals surface area contributed by atoms with Crippen molar-refractivity contribution < 1.29 is 14.7 Å². The molecule has 1 unspecified atom stereocenters. The van der Waals surface area contributed by atoms with Crippen molar-refractivity contribution in [1.29, 1.82) is 0 Å². The van der Waals surface area contributed by atoms with E-state index in [1.807, 2.05) is 0 Å². The van der Waals surface area contributed by atoms with Crippen LogP contribution < -0.4 is 0 Å². The number of amides is 1. The Balaban J connectivity index is 1.91. The van der Waals surface area contributed by atoms with Crippen LogP contribution >= 0.6 is 0 Å². The molecule has 1 saturated heterocycles. The van der Waals surface area contributed by atoms with Gasteiger partial charge in [-0.1, -0.05) is 19.3 Å². The third-order valence-electron chi connectivity index (χ3n) is 4.03. The summed E-state index contributed by atoms with van der Waals surface area (Å²) < 4.78 is 0. The van der Waals surface area contributed by atoms with Crippen molar-refractivity contribution in [3.05, 3.63) is 0 Å². The van der Waals surface area contributed by atoms with E-state index in [0.29, 0.717) is 12.3 Å². The lowest BCUT2D eigenvalue weighted by Gasteiger charge is -2.34. The van der Waals surface area contributed by atoms with Crippen LogP contribution in [-0.4, -0.2) is 35.0 Å². The van der Waals surface area contributed by atoms with Gasteiger partial charge in [-0.25, -0.2) is 0 Å². The summed E-state index contributed by atoms with van der Waals surface area (Å²) in [5, 5.41) is 8.98. The minimum Gasteiger partial charge on any atom is -0.481 e. The summed E-state index contributed by atoms with van der Waals surface area (Å²) >= 11 is 0. The van der Waals surface area contributed by atoms with Crippen LogP contribution in [0.3, 0.4) is 0 Å². The van der Waals surface area contributed by atoms with Crippen molar-refractivity contribution in [3.8, 4) is 0 Å². The fourth-order valence-electron chi connectivity index (χ4n) is 3.03. The van der Waals surface area contributed by atoms with Gasteiger partial charge in [-0.05, 0) is 31.6 Å². The summed E-state index contributed by atoms with van der Waals surface area (Å²) in [6.07, 6.45) is 7.56. The largest absolute Gasteiger partial charge is 0.481 e. The number of likely N-dealkylation sites (tertiary alicyclic amines) is 1. The van der Waals surface area contributed by atoms with E-state index in [9.17, 15) is 9.59 Å². The van der Waals surface area contributed by atoms with Crippen LogP contribution in [0.5, 0.6) is 0 Å². The van der Waals surface area contributed by atoms with E-state index in [2.05, 4.69) is 0 Å². The van der Waals surface area contributed by atoms with Crippen molar-refractivity contribution in [2.45, 2.75) is 44.9 Å². The maximum absolute atomic E-state index is 12.0. The smallest absolute Gasteiger partial charge is 0.316 e. The molecule has 0 spiro atoms. The molecule has 1 heterocycles. The standard InChI is InChI=1S/C13H21NO3/c15-12-11(13(16)17)7-4-8-14(12)9-10-5-2-1-3-6-10/h10-11H,1-9H2,(H,16,17). The van der Waals surface area contributed by atoms with Crippen LogP contribution in [0.1, 0.15) is 44.9 Å². The molecule has 1 saturated carbocycles. The Hall–Kier alpha value is -1.06. The molecule has 4 nitrogen and oxygen atoms in total. The summed E-state index contributed by atoms with van der Waals surface area (Å²) in [6, 6.07) is 0. The lowest BCUT2D eigenvalue weighted by molar-refractivity contribution is -0.154. The van der Waals surface area contributed by atoms with E-state index >= 15 is 0 Å². The average molecular weight is 239 g/mol. The molecule has 96 valence electrons. The Bertz CT molecular complexity index is 297. The number of carboxylic acid groups (broad SMARTS) is 1. The highest BCUT2D eigenvalue weighted by Gasteiger charge is 2.34. The van der Waals surface area contributed by atoms with Gasteiger partial charge in [0.2, 0.25) is 5.91 Å². The molecule has 17 heavy (non-hydrogen) atoms.